The van der Waals surface area contributed by atoms with Gasteiger partial charge in [-0.3, -0.25) is 9.78 Å². The zero-order valence-corrected chi connectivity index (χ0v) is 15.8. The first-order valence-electron chi connectivity index (χ1n) is 9.08. The van der Waals surface area contributed by atoms with Crippen LogP contribution in [0.1, 0.15) is 15.9 Å². The van der Waals surface area contributed by atoms with Crippen molar-refractivity contribution >= 4 is 11.9 Å². The molecule has 0 fully saturated rings. The summed E-state index contributed by atoms with van der Waals surface area (Å²) < 4.78 is 6.51. The molecule has 0 aliphatic heterocycles. The Bertz CT molecular complexity index is 1110. The van der Waals surface area contributed by atoms with Crippen molar-refractivity contribution in [1.82, 2.24) is 19.7 Å². The van der Waals surface area contributed by atoms with Crippen LogP contribution in [-0.4, -0.2) is 32.8 Å². The van der Waals surface area contributed by atoms with Crippen molar-refractivity contribution in [2.24, 2.45) is 0 Å². The fourth-order valence-electron chi connectivity index (χ4n) is 2.84. The molecule has 7 nitrogen and oxygen atoms in total. The molecular weight excluding hydrogens is 366 g/mol. The predicted molar refractivity (Wildman–Crippen MR) is 110 cm³/mol. The van der Waals surface area contributed by atoms with E-state index in [9.17, 15) is 4.79 Å². The minimum absolute atomic E-state index is 0.304. The summed E-state index contributed by atoms with van der Waals surface area (Å²) in [5.74, 6) is 1.08. The first-order chi connectivity index (χ1) is 14.2. The number of aromatic nitrogens is 4. The van der Waals surface area contributed by atoms with Crippen molar-refractivity contribution in [2.75, 3.05) is 12.4 Å². The highest BCUT2D eigenvalue weighted by atomic mass is 16.5. The average molecular weight is 385 g/mol. The highest BCUT2D eigenvalue weighted by Gasteiger charge is 2.19. The van der Waals surface area contributed by atoms with Gasteiger partial charge in [-0.2, -0.15) is 9.67 Å². The van der Waals surface area contributed by atoms with Gasteiger partial charge in [0, 0.05) is 30.1 Å². The van der Waals surface area contributed by atoms with Crippen LogP contribution in [0.5, 0.6) is 5.75 Å². The maximum Gasteiger partial charge on any atom is 0.281 e. The molecule has 0 atom stereocenters. The summed E-state index contributed by atoms with van der Waals surface area (Å²) in [5, 5.41) is 7.65. The molecule has 1 N–H and O–H groups in total. The van der Waals surface area contributed by atoms with Crippen LogP contribution in [-0.2, 0) is 6.54 Å². The van der Waals surface area contributed by atoms with Gasteiger partial charge in [-0.1, -0.05) is 36.4 Å². The number of ether oxygens (including phenoxy) is 1. The summed E-state index contributed by atoms with van der Waals surface area (Å²) in [6.07, 6.45) is 3.34. The van der Waals surface area contributed by atoms with Gasteiger partial charge in [-0.25, -0.2) is 0 Å². The van der Waals surface area contributed by atoms with Gasteiger partial charge < -0.3 is 10.1 Å². The Morgan fingerprint density at radius 1 is 1.07 bits per heavy atom. The third-order valence-electron chi connectivity index (χ3n) is 4.33. The fourth-order valence-corrected chi connectivity index (χ4v) is 2.84. The average Bonchev–Trinajstić information content (AvgIpc) is 3.23. The van der Waals surface area contributed by atoms with E-state index in [0.717, 1.165) is 11.1 Å². The van der Waals surface area contributed by atoms with Gasteiger partial charge in [0.05, 0.1) is 7.11 Å². The SMILES string of the molecule is COc1cccc(C(=O)n2nc(-c3cccnc3)nc2NCc2ccccc2)c1. The van der Waals surface area contributed by atoms with Crippen molar-refractivity contribution < 1.29 is 9.53 Å². The van der Waals surface area contributed by atoms with Gasteiger partial charge >= 0.3 is 0 Å². The number of rotatable bonds is 6. The molecule has 0 aliphatic carbocycles. The van der Waals surface area contributed by atoms with Gasteiger partial charge in [-0.05, 0) is 35.9 Å². The maximum atomic E-state index is 13.1. The van der Waals surface area contributed by atoms with E-state index >= 15 is 0 Å². The third-order valence-corrected chi connectivity index (χ3v) is 4.33. The summed E-state index contributed by atoms with van der Waals surface area (Å²) >= 11 is 0. The smallest absolute Gasteiger partial charge is 0.281 e. The molecule has 2 heterocycles. The molecule has 29 heavy (non-hydrogen) atoms. The number of carbonyl (C=O) groups is 1. The molecule has 0 bridgehead atoms. The second-order valence-corrected chi connectivity index (χ2v) is 6.29. The maximum absolute atomic E-state index is 13.1. The van der Waals surface area contributed by atoms with E-state index in [1.807, 2.05) is 36.4 Å². The summed E-state index contributed by atoms with van der Waals surface area (Å²) in [6.45, 7) is 0.511. The van der Waals surface area contributed by atoms with Gasteiger partial charge in [-0.15, -0.1) is 5.10 Å². The lowest BCUT2D eigenvalue weighted by Gasteiger charge is -2.08. The van der Waals surface area contributed by atoms with Crippen molar-refractivity contribution in [1.29, 1.82) is 0 Å². The molecule has 0 amide bonds. The van der Waals surface area contributed by atoms with Crippen LogP contribution in [0.3, 0.4) is 0 Å². The zero-order chi connectivity index (χ0) is 20.1. The van der Waals surface area contributed by atoms with Crippen LogP contribution in [0.2, 0.25) is 0 Å². The summed E-state index contributed by atoms with van der Waals surface area (Å²) in [5.41, 5.74) is 2.25. The lowest BCUT2D eigenvalue weighted by Crippen LogP contribution is -2.17. The number of anilines is 1. The Morgan fingerprint density at radius 2 is 1.93 bits per heavy atom. The molecule has 0 saturated heterocycles. The highest BCUT2D eigenvalue weighted by molar-refractivity contribution is 5.97. The number of hydrogen-bond acceptors (Lipinski definition) is 6. The Hall–Kier alpha value is -4.00. The van der Waals surface area contributed by atoms with E-state index in [0.29, 0.717) is 29.6 Å². The zero-order valence-electron chi connectivity index (χ0n) is 15.8. The molecule has 0 radical (unpaired) electrons. The second kappa shape index (κ2) is 8.35. The Balaban J connectivity index is 1.70. The Kier molecular flexibility index (Phi) is 5.29. The van der Waals surface area contributed by atoms with Gasteiger partial charge in [0.15, 0.2) is 5.82 Å². The minimum atomic E-state index is -0.304. The van der Waals surface area contributed by atoms with Gasteiger partial charge in [0.2, 0.25) is 5.95 Å². The molecule has 7 heteroatoms. The molecule has 2 aromatic carbocycles. The number of nitrogens with one attached hydrogen (secondary N) is 1. The van der Waals surface area contributed by atoms with Crippen LogP contribution in [0, 0.1) is 0 Å². The molecule has 0 spiro atoms. The number of nitrogens with zero attached hydrogens (tertiary/aromatic N) is 4. The van der Waals surface area contributed by atoms with E-state index in [1.54, 1.807) is 49.8 Å². The number of methoxy groups -OCH3 is 1. The fraction of sp³-hybridized carbons (Fsp3) is 0.0909. The molecule has 4 rings (SSSR count). The molecule has 0 saturated carbocycles. The van der Waals surface area contributed by atoms with Crippen LogP contribution in [0.15, 0.2) is 79.1 Å². The van der Waals surface area contributed by atoms with E-state index in [-0.39, 0.29) is 5.91 Å². The molecule has 0 unspecified atom stereocenters. The van der Waals surface area contributed by atoms with Crippen molar-refractivity contribution in [3.63, 3.8) is 0 Å². The highest BCUT2D eigenvalue weighted by Crippen LogP contribution is 2.20. The molecule has 2 aromatic heterocycles. The summed E-state index contributed by atoms with van der Waals surface area (Å²) in [7, 11) is 1.56. The van der Waals surface area contributed by atoms with E-state index < -0.39 is 0 Å². The van der Waals surface area contributed by atoms with Gasteiger partial charge in [0.25, 0.3) is 5.91 Å². The topological polar surface area (TPSA) is 81.9 Å². The predicted octanol–water partition coefficient (Wildman–Crippen LogP) is 3.65. The lowest BCUT2D eigenvalue weighted by molar-refractivity contribution is 0.0947. The van der Waals surface area contributed by atoms with E-state index in [1.165, 1.54) is 4.68 Å². The largest absolute Gasteiger partial charge is 0.497 e. The number of pyridine rings is 1. The van der Waals surface area contributed by atoms with E-state index in [4.69, 9.17) is 4.74 Å². The first kappa shape index (κ1) is 18.4. The van der Waals surface area contributed by atoms with Gasteiger partial charge in [0.1, 0.15) is 5.75 Å². The van der Waals surface area contributed by atoms with E-state index in [2.05, 4.69) is 20.4 Å². The van der Waals surface area contributed by atoms with Crippen LogP contribution < -0.4 is 10.1 Å². The van der Waals surface area contributed by atoms with Crippen LogP contribution in [0.4, 0.5) is 5.95 Å². The monoisotopic (exact) mass is 385 g/mol. The van der Waals surface area contributed by atoms with Crippen LogP contribution >= 0.6 is 0 Å². The number of benzene rings is 2. The molecular formula is C22H19N5O2. The molecule has 4 aromatic rings. The first-order valence-corrected chi connectivity index (χ1v) is 9.08. The van der Waals surface area contributed by atoms with Crippen molar-refractivity contribution in [2.45, 2.75) is 6.54 Å². The number of hydrogen-bond donors (Lipinski definition) is 1. The summed E-state index contributed by atoms with van der Waals surface area (Å²) in [4.78, 5) is 21.8. The molecule has 144 valence electrons. The third kappa shape index (κ3) is 4.14. The quantitative estimate of drug-likeness (QED) is 0.546. The Labute approximate surface area is 168 Å². The van der Waals surface area contributed by atoms with Crippen molar-refractivity contribution in [3.8, 4) is 17.1 Å². The Morgan fingerprint density at radius 3 is 2.69 bits per heavy atom. The lowest BCUT2D eigenvalue weighted by atomic mass is 10.2. The van der Waals surface area contributed by atoms with Crippen molar-refractivity contribution in [3.05, 3.63) is 90.3 Å². The second-order valence-electron chi connectivity index (χ2n) is 6.29. The minimum Gasteiger partial charge on any atom is -0.497 e. The van der Waals surface area contributed by atoms with Crippen LogP contribution in [0.25, 0.3) is 11.4 Å². The summed E-state index contributed by atoms with van der Waals surface area (Å²) in [6, 6.07) is 20.5. The normalized spacial score (nSPS) is 10.5. The standard InChI is InChI=1S/C22H19N5O2/c1-29-19-11-5-9-17(13-19)21(28)27-22(24-14-16-7-3-2-4-8-16)25-20(26-27)18-10-6-12-23-15-18/h2-13,15H,14H2,1H3,(H,24,25,26). The molecule has 0 aliphatic rings. The number of carbonyl (C=O) groups excluding carboxylic acids is 1.